The van der Waals surface area contributed by atoms with Crippen LogP contribution < -0.4 is 10.5 Å². The van der Waals surface area contributed by atoms with Gasteiger partial charge in [-0.05, 0) is 32.8 Å². The minimum Gasteiger partial charge on any atom is -0.481 e. The standard InChI is InChI=1S/C13H20N2O3/c1-13(2,3)18-12(16)10(14)7-9-5-6-11(17-4)15-8-9/h5-6,8,10H,7,14H2,1-4H3. The highest BCUT2D eigenvalue weighted by molar-refractivity contribution is 5.76. The number of carbonyl (C=O) groups is 1. The fourth-order valence-corrected chi connectivity index (χ4v) is 1.37. The van der Waals surface area contributed by atoms with Crippen molar-refractivity contribution in [2.75, 3.05) is 7.11 Å². The van der Waals surface area contributed by atoms with Crippen LogP contribution in [0.3, 0.4) is 0 Å². The summed E-state index contributed by atoms with van der Waals surface area (Å²) >= 11 is 0. The molecule has 1 aromatic rings. The molecule has 1 heterocycles. The van der Waals surface area contributed by atoms with E-state index in [1.54, 1.807) is 19.4 Å². The molecule has 100 valence electrons. The Bertz CT molecular complexity index is 396. The number of nitrogens with two attached hydrogens (primary N) is 1. The summed E-state index contributed by atoms with van der Waals surface area (Å²) in [4.78, 5) is 15.7. The van der Waals surface area contributed by atoms with Crippen molar-refractivity contribution in [3.05, 3.63) is 23.9 Å². The third-order valence-electron chi connectivity index (χ3n) is 2.17. The van der Waals surface area contributed by atoms with E-state index in [9.17, 15) is 4.79 Å². The molecule has 0 fully saturated rings. The van der Waals surface area contributed by atoms with Gasteiger partial charge in [-0.25, -0.2) is 4.98 Å². The number of hydrogen-bond donors (Lipinski definition) is 1. The van der Waals surface area contributed by atoms with Crippen LogP contribution >= 0.6 is 0 Å². The van der Waals surface area contributed by atoms with E-state index in [2.05, 4.69) is 4.98 Å². The second-order valence-corrected chi connectivity index (χ2v) is 5.05. The highest BCUT2D eigenvalue weighted by Gasteiger charge is 2.22. The van der Waals surface area contributed by atoms with Gasteiger partial charge in [0.05, 0.1) is 7.11 Å². The van der Waals surface area contributed by atoms with Crippen LogP contribution in [0.15, 0.2) is 18.3 Å². The van der Waals surface area contributed by atoms with E-state index in [1.165, 1.54) is 0 Å². The van der Waals surface area contributed by atoms with Crippen LogP contribution in [0.25, 0.3) is 0 Å². The molecular weight excluding hydrogens is 232 g/mol. The molecule has 0 radical (unpaired) electrons. The predicted molar refractivity (Wildman–Crippen MR) is 68.3 cm³/mol. The Labute approximate surface area is 107 Å². The molecule has 1 rings (SSSR count). The highest BCUT2D eigenvalue weighted by Crippen LogP contribution is 2.11. The molecule has 1 atom stereocenters. The summed E-state index contributed by atoms with van der Waals surface area (Å²) in [6.07, 6.45) is 2.04. The van der Waals surface area contributed by atoms with Gasteiger partial charge >= 0.3 is 5.97 Å². The highest BCUT2D eigenvalue weighted by atomic mass is 16.6. The summed E-state index contributed by atoms with van der Waals surface area (Å²) in [5, 5.41) is 0. The van der Waals surface area contributed by atoms with E-state index in [-0.39, 0.29) is 0 Å². The maximum absolute atomic E-state index is 11.7. The molecule has 0 bridgehead atoms. The van der Waals surface area contributed by atoms with E-state index < -0.39 is 17.6 Å². The van der Waals surface area contributed by atoms with Crippen molar-refractivity contribution in [2.45, 2.75) is 38.8 Å². The largest absolute Gasteiger partial charge is 0.481 e. The van der Waals surface area contributed by atoms with Crippen molar-refractivity contribution < 1.29 is 14.3 Å². The van der Waals surface area contributed by atoms with Crippen LogP contribution in [0.4, 0.5) is 0 Å². The van der Waals surface area contributed by atoms with E-state index >= 15 is 0 Å². The number of pyridine rings is 1. The monoisotopic (exact) mass is 252 g/mol. The van der Waals surface area contributed by atoms with Crippen molar-refractivity contribution in [3.63, 3.8) is 0 Å². The second-order valence-electron chi connectivity index (χ2n) is 5.05. The summed E-state index contributed by atoms with van der Waals surface area (Å²) in [5.74, 6) is 0.128. The molecule has 1 unspecified atom stereocenters. The first-order valence-corrected chi connectivity index (χ1v) is 5.79. The van der Waals surface area contributed by atoms with Gasteiger partial charge in [0.1, 0.15) is 11.6 Å². The lowest BCUT2D eigenvalue weighted by Crippen LogP contribution is -2.38. The minimum absolute atomic E-state index is 0.395. The van der Waals surface area contributed by atoms with E-state index in [0.717, 1.165) is 5.56 Å². The quantitative estimate of drug-likeness (QED) is 0.818. The van der Waals surface area contributed by atoms with Crippen LogP contribution in [0.2, 0.25) is 0 Å². The normalized spacial score (nSPS) is 12.9. The van der Waals surface area contributed by atoms with Crippen molar-refractivity contribution in [2.24, 2.45) is 5.73 Å². The summed E-state index contributed by atoms with van der Waals surface area (Å²) in [5.41, 5.74) is 6.14. The van der Waals surface area contributed by atoms with Crippen LogP contribution in [0, 0.1) is 0 Å². The molecule has 0 saturated carbocycles. The van der Waals surface area contributed by atoms with Gasteiger partial charge in [-0.2, -0.15) is 0 Å². The second kappa shape index (κ2) is 5.82. The molecule has 5 nitrogen and oxygen atoms in total. The maximum Gasteiger partial charge on any atom is 0.323 e. The third kappa shape index (κ3) is 4.71. The van der Waals surface area contributed by atoms with Gasteiger partial charge in [0.25, 0.3) is 0 Å². The van der Waals surface area contributed by atoms with Crippen LogP contribution in [-0.2, 0) is 16.0 Å². The number of methoxy groups -OCH3 is 1. The molecule has 1 aromatic heterocycles. The number of rotatable bonds is 4. The molecule has 0 aromatic carbocycles. The Hall–Kier alpha value is -1.62. The topological polar surface area (TPSA) is 74.4 Å². The molecule has 0 aliphatic heterocycles. The first-order chi connectivity index (χ1) is 8.31. The lowest BCUT2D eigenvalue weighted by molar-refractivity contribution is -0.156. The van der Waals surface area contributed by atoms with E-state index in [1.807, 2.05) is 26.8 Å². The van der Waals surface area contributed by atoms with Crippen molar-refractivity contribution in [1.29, 1.82) is 0 Å². The minimum atomic E-state index is -0.681. The number of carbonyl (C=O) groups excluding carboxylic acids is 1. The Morgan fingerprint density at radius 2 is 2.11 bits per heavy atom. The predicted octanol–water partition coefficient (Wildman–Crippen LogP) is 1.30. The summed E-state index contributed by atoms with van der Waals surface area (Å²) in [6, 6.07) is 2.88. The molecule has 0 amide bonds. The van der Waals surface area contributed by atoms with Gasteiger partial charge in [-0.15, -0.1) is 0 Å². The van der Waals surface area contributed by atoms with E-state index in [4.69, 9.17) is 15.2 Å². The smallest absolute Gasteiger partial charge is 0.323 e. The van der Waals surface area contributed by atoms with Gasteiger partial charge in [-0.1, -0.05) is 6.07 Å². The summed E-state index contributed by atoms with van der Waals surface area (Å²) < 4.78 is 10.2. The number of nitrogens with zero attached hydrogens (tertiary/aromatic N) is 1. The lowest BCUT2D eigenvalue weighted by Gasteiger charge is -2.22. The molecule has 0 spiro atoms. The Kier molecular flexibility index (Phi) is 4.67. The van der Waals surface area contributed by atoms with Crippen LogP contribution in [-0.4, -0.2) is 29.7 Å². The SMILES string of the molecule is COc1ccc(CC(N)C(=O)OC(C)(C)C)cn1. The number of hydrogen-bond acceptors (Lipinski definition) is 5. The Morgan fingerprint density at radius 3 is 2.56 bits per heavy atom. The first-order valence-electron chi connectivity index (χ1n) is 5.79. The van der Waals surface area contributed by atoms with Gasteiger partial charge in [0.2, 0.25) is 5.88 Å². The molecule has 5 heteroatoms. The molecule has 0 saturated heterocycles. The summed E-state index contributed by atoms with van der Waals surface area (Å²) in [7, 11) is 1.55. The van der Waals surface area contributed by atoms with E-state index in [0.29, 0.717) is 12.3 Å². The van der Waals surface area contributed by atoms with Crippen LogP contribution in [0.1, 0.15) is 26.3 Å². The number of aromatic nitrogens is 1. The molecule has 0 aliphatic rings. The lowest BCUT2D eigenvalue weighted by atomic mass is 10.1. The average Bonchev–Trinajstić information content (AvgIpc) is 2.27. The van der Waals surface area contributed by atoms with Crippen molar-refractivity contribution in [1.82, 2.24) is 4.98 Å². The van der Waals surface area contributed by atoms with Gasteiger partial charge in [0, 0.05) is 12.3 Å². The zero-order valence-electron chi connectivity index (χ0n) is 11.3. The number of ether oxygens (including phenoxy) is 2. The van der Waals surface area contributed by atoms with Crippen LogP contribution in [0.5, 0.6) is 5.88 Å². The van der Waals surface area contributed by atoms with Crippen molar-refractivity contribution >= 4 is 5.97 Å². The Balaban J connectivity index is 2.58. The molecule has 18 heavy (non-hydrogen) atoms. The van der Waals surface area contributed by atoms with Crippen molar-refractivity contribution in [3.8, 4) is 5.88 Å². The Morgan fingerprint density at radius 1 is 1.44 bits per heavy atom. The van der Waals surface area contributed by atoms with Gasteiger partial charge in [0.15, 0.2) is 0 Å². The fraction of sp³-hybridized carbons (Fsp3) is 0.538. The molecular formula is C13H20N2O3. The average molecular weight is 252 g/mol. The van der Waals surface area contributed by atoms with Gasteiger partial charge in [-0.3, -0.25) is 4.79 Å². The van der Waals surface area contributed by atoms with Gasteiger partial charge < -0.3 is 15.2 Å². The maximum atomic E-state index is 11.7. The molecule has 2 N–H and O–H groups in total. The summed E-state index contributed by atoms with van der Waals surface area (Å²) in [6.45, 7) is 5.44. The zero-order chi connectivity index (χ0) is 13.8. The fourth-order valence-electron chi connectivity index (χ4n) is 1.37. The third-order valence-corrected chi connectivity index (χ3v) is 2.17. The zero-order valence-corrected chi connectivity index (χ0v) is 11.3. The first kappa shape index (κ1) is 14.4. The molecule has 0 aliphatic carbocycles. The number of esters is 1.